The van der Waals surface area contributed by atoms with Gasteiger partial charge in [-0.1, -0.05) is 145 Å². The molecule has 4 nitrogen and oxygen atoms in total. The number of aromatic nitrogens is 3. The molecule has 0 fully saturated rings. The van der Waals surface area contributed by atoms with Gasteiger partial charge >= 0.3 is 0 Å². The number of benzene rings is 7. The summed E-state index contributed by atoms with van der Waals surface area (Å²) < 4.78 is 6.40. The molecule has 2 aromatic heterocycles. The molecule has 0 aliphatic carbocycles. The fourth-order valence-corrected chi connectivity index (χ4v) is 6.78. The van der Waals surface area contributed by atoms with Crippen molar-refractivity contribution in [3.63, 3.8) is 0 Å². The van der Waals surface area contributed by atoms with Crippen LogP contribution in [0.15, 0.2) is 150 Å². The van der Waals surface area contributed by atoms with Gasteiger partial charge in [-0.2, -0.15) is 0 Å². The third-order valence-corrected chi connectivity index (χ3v) is 8.96. The molecule has 0 amide bonds. The molecule has 0 radical (unpaired) electrons. The highest BCUT2D eigenvalue weighted by Gasteiger charge is 2.23. The summed E-state index contributed by atoms with van der Waals surface area (Å²) in [6.07, 6.45) is 0. The monoisotopic (exact) mass is 609 g/mol. The van der Waals surface area contributed by atoms with Crippen LogP contribution in [0.5, 0.6) is 0 Å². The van der Waals surface area contributed by atoms with E-state index in [9.17, 15) is 0 Å². The summed E-state index contributed by atoms with van der Waals surface area (Å²) in [5.74, 6) is 1.63. The SMILES string of the molecule is Clc1c(-c2nc(-c3cccc(-c4ccccc4)c3)nc(-c3cccc4ccccc34)n2)c2ccccc2c2c1oc1ccccc12. The minimum Gasteiger partial charge on any atom is -0.454 e. The first kappa shape index (κ1) is 26.6. The molecule has 0 aliphatic rings. The van der Waals surface area contributed by atoms with E-state index in [2.05, 4.69) is 66.7 Å². The van der Waals surface area contributed by atoms with Crippen molar-refractivity contribution in [1.29, 1.82) is 0 Å². The average Bonchev–Trinajstić information content (AvgIpc) is 3.52. The van der Waals surface area contributed by atoms with Crippen LogP contribution in [0.3, 0.4) is 0 Å². The van der Waals surface area contributed by atoms with Gasteiger partial charge in [-0.15, -0.1) is 0 Å². The second kappa shape index (κ2) is 10.7. The lowest BCUT2D eigenvalue weighted by Crippen LogP contribution is -2.01. The summed E-state index contributed by atoms with van der Waals surface area (Å²) in [7, 11) is 0. The second-order valence-corrected chi connectivity index (χ2v) is 11.7. The van der Waals surface area contributed by atoms with Gasteiger partial charge in [-0.25, -0.2) is 15.0 Å². The first-order valence-electron chi connectivity index (χ1n) is 15.1. The van der Waals surface area contributed by atoms with Gasteiger partial charge in [0.05, 0.1) is 5.02 Å². The van der Waals surface area contributed by atoms with Crippen LogP contribution in [-0.2, 0) is 0 Å². The smallest absolute Gasteiger partial charge is 0.166 e. The molecule has 7 aromatic carbocycles. The van der Waals surface area contributed by atoms with Gasteiger partial charge in [-0.3, -0.25) is 0 Å². The van der Waals surface area contributed by atoms with E-state index < -0.39 is 0 Å². The Bertz CT molecular complexity index is 2600. The van der Waals surface area contributed by atoms with Crippen molar-refractivity contribution in [2.75, 3.05) is 0 Å². The van der Waals surface area contributed by atoms with Crippen LogP contribution in [0.25, 0.3) is 88.8 Å². The van der Waals surface area contributed by atoms with Crippen LogP contribution in [0.4, 0.5) is 0 Å². The highest BCUT2D eigenvalue weighted by Crippen LogP contribution is 2.45. The van der Waals surface area contributed by atoms with Crippen molar-refractivity contribution in [2.45, 2.75) is 0 Å². The maximum Gasteiger partial charge on any atom is 0.166 e. The fraction of sp³-hybridized carbons (Fsp3) is 0. The molecule has 5 heteroatoms. The van der Waals surface area contributed by atoms with Crippen molar-refractivity contribution in [3.8, 4) is 45.3 Å². The molecule has 9 aromatic rings. The van der Waals surface area contributed by atoms with E-state index >= 15 is 0 Å². The number of para-hydroxylation sites is 1. The van der Waals surface area contributed by atoms with Gasteiger partial charge in [0.1, 0.15) is 5.58 Å². The zero-order valence-electron chi connectivity index (χ0n) is 24.5. The molecule has 0 unspecified atom stereocenters. The van der Waals surface area contributed by atoms with E-state index in [1.165, 1.54) is 0 Å². The third-order valence-electron chi connectivity index (χ3n) is 8.60. The van der Waals surface area contributed by atoms with Crippen molar-refractivity contribution in [3.05, 3.63) is 151 Å². The largest absolute Gasteiger partial charge is 0.454 e. The minimum absolute atomic E-state index is 0.476. The first-order valence-corrected chi connectivity index (χ1v) is 15.5. The summed E-state index contributed by atoms with van der Waals surface area (Å²) in [6.45, 7) is 0. The number of fused-ring (bicyclic) bond motifs is 6. The van der Waals surface area contributed by atoms with Gasteiger partial charge in [0.25, 0.3) is 0 Å². The Labute approximate surface area is 269 Å². The fourth-order valence-electron chi connectivity index (χ4n) is 6.46. The van der Waals surface area contributed by atoms with Crippen LogP contribution in [0.2, 0.25) is 5.02 Å². The van der Waals surface area contributed by atoms with Crippen molar-refractivity contribution in [1.82, 2.24) is 15.0 Å². The van der Waals surface area contributed by atoms with E-state index in [4.69, 9.17) is 31.0 Å². The predicted molar refractivity (Wildman–Crippen MR) is 189 cm³/mol. The Hall–Kier alpha value is -5.84. The Morgan fingerprint density at radius 3 is 1.93 bits per heavy atom. The van der Waals surface area contributed by atoms with Gasteiger partial charge in [0.15, 0.2) is 23.1 Å². The molecule has 9 rings (SSSR count). The first-order chi connectivity index (χ1) is 22.7. The van der Waals surface area contributed by atoms with Crippen LogP contribution < -0.4 is 0 Å². The molecule has 0 atom stereocenters. The standard InChI is InChI=1S/C41H24ClN3O/c42-37-36(31-20-7-6-19-30(31)35-33-21-8-9-23-34(33)46-38(35)37)41-44-39(28-17-10-16-27(24-28)25-12-2-1-3-13-25)43-40(45-41)32-22-11-15-26-14-4-5-18-29(26)32/h1-24H. The lowest BCUT2D eigenvalue weighted by Gasteiger charge is -2.14. The topological polar surface area (TPSA) is 51.8 Å². The molecule has 0 bridgehead atoms. The summed E-state index contributed by atoms with van der Waals surface area (Å²) in [5, 5.41) is 6.64. The number of rotatable bonds is 4. The van der Waals surface area contributed by atoms with Crippen molar-refractivity contribution in [2.24, 2.45) is 0 Å². The number of hydrogen-bond donors (Lipinski definition) is 0. The summed E-state index contributed by atoms with van der Waals surface area (Å²) >= 11 is 7.33. The number of hydrogen-bond acceptors (Lipinski definition) is 4. The van der Waals surface area contributed by atoms with Gasteiger partial charge in [0.2, 0.25) is 0 Å². The molecule has 0 spiro atoms. The Kier molecular flexibility index (Phi) is 6.15. The van der Waals surface area contributed by atoms with Crippen LogP contribution in [0.1, 0.15) is 0 Å². The minimum atomic E-state index is 0.476. The second-order valence-electron chi connectivity index (χ2n) is 11.3. The molecule has 216 valence electrons. The van der Waals surface area contributed by atoms with Crippen molar-refractivity contribution >= 4 is 55.1 Å². The number of nitrogens with zero attached hydrogens (tertiary/aromatic N) is 3. The van der Waals surface area contributed by atoms with Gasteiger partial charge in [0, 0.05) is 27.5 Å². The molecular formula is C41H24ClN3O. The maximum atomic E-state index is 7.33. The molecule has 0 N–H and O–H groups in total. The van der Waals surface area contributed by atoms with E-state index in [0.29, 0.717) is 33.6 Å². The quantitative estimate of drug-likeness (QED) is 0.199. The van der Waals surface area contributed by atoms with E-state index in [0.717, 1.165) is 60.2 Å². The van der Waals surface area contributed by atoms with Crippen molar-refractivity contribution < 1.29 is 4.42 Å². The van der Waals surface area contributed by atoms with E-state index in [-0.39, 0.29) is 0 Å². The summed E-state index contributed by atoms with van der Waals surface area (Å²) in [5.41, 5.74) is 6.14. The average molecular weight is 610 g/mol. The summed E-state index contributed by atoms with van der Waals surface area (Å²) in [4.78, 5) is 15.4. The zero-order valence-corrected chi connectivity index (χ0v) is 25.2. The molecule has 0 saturated heterocycles. The molecule has 46 heavy (non-hydrogen) atoms. The third kappa shape index (κ3) is 4.26. The number of furan rings is 1. The van der Waals surface area contributed by atoms with Crippen LogP contribution in [0, 0.1) is 0 Å². The number of halogens is 1. The van der Waals surface area contributed by atoms with Crippen LogP contribution in [-0.4, -0.2) is 15.0 Å². The highest BCUT2D eigenvalue weighted by atomic mass is 35.5. The molecule has 0 aliphatic heterocycles. The molecular weight excluding hydrogens is 586 g/mol. The Morgan fingerprint density at radius 1 is 0.457 bits per heavy atom. The summed E-state index contributed by atoms with van der Waals surface area (Å²) in [6, 6.07) is 49.4. The van der Waals surface area contributed by atoms with Gasteiger partial charge in [-0.05, 0) is 44.8 Å². The Morgan fingerprint density at radius 2 is 1.07 bits per heavy atom. The molecule has 0 saturated carbocycles. The Balaban J connectivity index is 1.36. The predicted octanol–water partition coefficient (Wildman–Crippen LogP) is 11.4. The maximum absolute atomic E-state index is 7.33. The van der Waals surface area contributed by atoms with Gasteiger partial charge < -0.3 is 4.42 Å². The van der Waals surface area contributed by atoms with E-state index in [1.807, 2.05) is 78.9 Å². The van der Waals surface area contributed by atoms with Crippen LogP contribution >= 0.6 is 11.6 Å². The van der Waals surface area contributed by atoms with E-state index in [1.54, 1.807) is 0 Å². The zero-order chi connectivity index (χ0) is 30.6. The lowest BCUT2D eigenvalue weighted by atomic mass is 9.98. The normalized spacial score (nSPS) is 11.6. The lowest BCUT2D eigenvalue weighted by molar-refractivity contribution is 0.669. The molecule has 2 heterocycles. The highest BCUT2D eigenvalue weighted by molar-refractivity contribution is 6.42.